The maximum atomic E-state index is 13.6. The lowest BCUT2D eigenvalue weighted by Crippen LogP contribution is -1.95. The molecule has 2 rings (SSSR count). The Bertz CT molecular complexity index is 570. The van der Waals surface area contributed by atoms with E-state index in [2.05, 4.69) is 0 Å². The highest BCUT2D eigenvalue weighted by Gasteiger charge is 2.10. The number of hydrogen-bond acceptors (Lipinski definition) is 2. The van der Waals surface area contributed by atoms with E-state index in [9.17, 15) is 9.50 Å². The van der Waals surface area contributed by atoms with Crippen LogP contribution in [0.4, 0.5) is 4.39 Å². The third-order valence-electron chi connectivity index (χ3n) is 2.54. The molecule has 0 heterocycles. The van der Waals surface area contributed by atoms with E-state index in [1.54, 1.807) is 30.3 Å². The highest BCUT2D eigenvalue weighted by Crippen LogP contribution is 2.31. The molecule has 0 saturated heterocycles. The van der Waals surface area contributed by atoms with E-state index >= 15 is 0 Å². The van der Waals surface area contributed by atoms with Crippen LogP contribution in [0.15, 0.2) is 36.4 Å². The number of halogens is 2. The number of aliphatic hydroxyl groups excluding tert-OH is 1. The number of rotatable bonds is 3. The van der Waals surface area contributed by atoms with Gasteiger partial charge in [0.25, 0.3) is 0 Å². The van der Waals surface area contributed by atoms with E-state index in [4.69, 9.17) is 16.3 Å². The Morgan fingerprint density at radius 2 is 2.00 bits per heavy atom. The van der Waals surface area contributed by atoms with Crippen LogP contribution in [0, 0.1) is 12.7 Å². The van der Waals surface area contributed by atoms with Crippen molar-refractivity contribution in [1.29, 1.82) is 0 Å². The van der Waals surface area contributed by atoms with E-state index in [0.29, 0.717) is 16.3 Å². The lowest BCUT2D eigenvalue weighted by Gasteiger charge is -2.12. The van der Waals surface area contributed by atoms with Crippen LogP contribution in [-0.4, -0.2) is 5.11 Å². The summed E-state index contributed by atoms with van der Waals surface area (Å²) in [7, 11) is 0. The van der Waals surface area contributed by atoms with Gasteiger partial charge >= 0.3 is 0 Å². The van der Waals surface area contributed by atoms with E-state index in [0.717, 1.165) is 5.56 Å². The summed E-state index contributed by atoms with van der Waals surface area (Å²) in [5.41, 5.74) is 1.33. The number of hydrogen-bond donors (Lipinski definition) is 1. The Hall–Kier alpha value is -1.58. The molecule has 1 N–H and O–H groups in total. The molecule has 2 aromatic carbocycles. The molecule has 0 fully saturated rings. The average molecular weight is 267 g/mol. The molecule has 94 valence electrons. The molecule has 0 unspecified atom stereocenters. The summed E-state index contributed by atoms with van der Waals surface area (Å²) in [4.78, 5) is 0. The van der Waals surface area contributed by atoms with Gasteiger partial charge in [0, 0.05) is 10.6 Å². The van der Waals surface area contributed by atoms with Gasteiger partial charge in [-0.2, -0.15) is 0 Å². The molecule has 0 saturated carbocycles. The van der Waals surface area contributed by atoms with Crippen molar-refractivity contribution in [3.63, 3.8) is 0 Å². The van der Waals surface area contributed by atoms with E-state index in [-0.39, 0.29) is 12.4 Å². The van der Waals surface area contributed by atoms with Gasteiger partial charge in [-0.15, -0.1) is 0 Å². The molecular formula is C14H12ClFO2. The van der Waals surface area contributed by atoms with E-state index in [1.807, 2.05) is 6.92 Å². The average Bonchev–Trinajstić information content (AvgIpc) is 2.34. The van der Waals surface area contributed by atoms with Crippen molar-refractivity contribution in [1.82, 2.24) is 0 Å². The van der Waals surface area contributed by atoms with Crippen LogP contribution in [0.5, 0.6) is 11.5 Å². The molecule has 0 aliphatic carbocycles. The largest absolute Gasteiger partial charge is 0.454 e. The second kappa shape index (κ2) is 5.38. The van der Waals surface area contributed by atoms with Crippen LogP contribution in [-0.2, 0) is 6.61 Å². The first-order valence-electron chi connectivity index (χ1n) is 5.44. The zero-order chi connectivity index (χ0) is 13.1. The smallest absolute Gasteiger partial charge is 0.165 e. The predicted octanol–water partition coefficient (Wildman–Crippen LogP) is 4.07. The molecule has 0 spiro atoms. The predicted molar refractivity (Wildman–Crippen MR) is 68.6 cm³/mol. The fourth-order valence-corrected chi connectivity index (χ4v) is 1.82. The summed E-state index contributed by atoms with van der Waals surface area (Å²) in [5.74, 6) is 0.0194. The molecule has 2 nitrogen and oxygen atoms in total. The van der Waals surface area contributed by atoms with Gasteiger partial charge in [0.05, 0.1) is 6.61 Å². The second-order valence-corrected chi connectivity index (χ2v) is 4.32. The Balaban J connectivity index is 2.40. The van der Waals surface area contributed by atoms with Gasteiger partial charge in [-0.1, -0.05) is 23.7 Å². The van der Waals surface area contributed by atoms with Crippen LogP contribution < -0.4 is 4.74 Å². The van der Waals surface area contributed by atoms with Gasteiger partial charge < -0.3 is 9.84 Å². The van der Waals surface area contributed by atoms with Crippen LogP contribution in [0.1, 0.15) is 11.1 Å². The van der Waals surface area contributed by atoms with Crippen LogP contribution in [0.25, 0.3) is 0 Å². The third kappa shape index (κ3) is 2.63. The van der Waals surface area contributed by atoms with Crippen molar-refractivity contribution >= 4 is 11.6 Å². The molecule has 0 aliphatic heterocycles. The molecule has 2 aromatic rings. The van der Waals surface area contributed by atoms with Crippen LogP contribution in [0.2, 0.25) is 5.02 Å². The molecule has 18 heavy (non-hydrogen) atoms. The van der Waals surface area contributed by atoms with Crippen LogP contribution in [0.3, 0.4) is 0 Å². The molecule has 0 atom stereocenters. The van der Waals surface area contributed by atoms with Crippen molar-refractivity contribution in [2.75, 3.05) is 0 Å². The van der Waals surface area contributed by atoms with Gasteiger partial charge in [0.1, 0.15) is 5.75 Å². The zero-order valence-electron chi connectivity index (χ0n) is 9.78. The number of ether oxygens (including phenoxy) is 1. The summed E-state index contributed by atoms with van der Waals surface area (Å²) >= 11 is 5.93. The fraction of sp³-hybridized carbons (Fsp3) is 0.143. The summed E-state index contributed by atoms with van der Waals surface area (Å²) < 4.78 is 19.0. The van der Waals surface area contributed by atoms with Crippen molar-refractivity contribution in [3.05, 3.63) is 58.4 Å². The fourth-order valence-electron chi connectivity index (χ4n) is 1.60. The van der Waals surface area contributed by atoms with Gasteiger partial charge in [-0.25, -0.2) is 4.39 Å². The molecule has 0 aromatic heterocycles. The first-order valence-corrected chi connectivity index (χ1v) is 5.82. The minimum Gasteiger partial charge on any atom is -0.454 e. The maximum Gasteiger partial charge on any atom is 0.165 e. The number of benzene rings is 2. The monoisotopic (exact) mass is 266 g/mol. The van der Waals surface area contributed by atoms with Crippen molar-refractivity contribution in [3.8, 4) is 11.5 Å². The Labute approximate surface area is 110 Å². The minimum atomic E-state index is -0.454. The summed E-state index contributed by atoms with van der Waals surface area (Å²) in [6.07, 6.45) is 0. The topological polar surface area (TPSA) is 29.5 Å². The number of aryl methyl sites for hydroxylation is 1. The van der Waals surface area contributed by atoms with Crippen LogP contribution >= 0.6 is 11.6 Å². The van der Waals surface area contributed by atoms with Gasteiger partial charge in [0.15, 0.2) is 11.6 Å². The van der Waals surface area contributed by atoms with Gasteiger partial charge in [-0.3, -0.25) is 0 Å². The molecule has 0 radical (unpaired) electrons. The standard InChI is InChI=1S/C14H12ClFO2/c1-9-5-6-12(16)14(7-9)18-13-4-2-3-11(15)10(13)8-17/h2-7,17H,8H2,1H3. The Morgan fingerprint density at radius 1 is 1.22 bits per heavy atom. The highest BCUT2D eigenvalue weighted by atomic mass is 35.5. The molecule has 0 amide bonds. The minimum absolute atomic E-state index is 0.118. The normalized spacial score (nSPS) is 10.4. The lowest BCUT2D eigenvalue weighted by atomic mass is 10.2. The quantitative estimate of drug-likeness (QED) is 0.907. The summed E-state index contributed by atoms with van der Waals surface area (Å²) in [6, 6.07) is 9.56. The van der Waals surface area contributed by atoms with Crippen molar-refractivity contribution < 1.29 is 14.2 Å². The lowest BCUT2D eigenvalue weighted by molar-refractivity contribution is 0.276. The summed E-state index contributed by atoms with van der Waals surface area (Å²) in [5, 5.41) is 9.63. The Morgan fingerprint density at radius 3 is 2.72 bits per heavy atom. The molecule has 0 bridgehead atoms. The number of aliphatic hydroxyl groups is 1. The highest BCUT2D eigenvalue weighted by molar-refractivity contribution is 6.31. The SMILES string of the molecule is Cc1ccc(F)c(Oc2cccc(Cl)c2CO)c1. The molecule has 0 aliphatic rings. The molecular weight excluding hydrogens is 255 g/mol. The van der Waals surface area contributed by atoms with Crippen molar-refractivity contribution in [2.45, 2.75) is 13.5 Å². The first-order chi connectivity index (χ1) is 8.61. The zero-order valence-corrected chi connectivity index (χ0v) is 10.5. The Kier molecular flexibility index (Phi) is 3.84. The van der Waals surface area contributed by atoms with E-state index in [1.165, 1.54) is 6.07 Å². The van der Waals surface area contributed by atoms with Crippen molar-refractivity contribution in [2.24, 2.45) is 0 Å². The van der Waals surface area contributed by atoms with Gasteiger partial charge in [0.2, 0.25) is 0 Å². The molecule has 4 heteroatoms. The second-order valence-electron chi connectivity index (χ2n) is 3.91. The first kappa shape index (κ1) is 12.9. The third-order valence-corrected chi connectivity index (χ3v) is 2.89. The summed E-state index contributed by atoms with van der Waals surface area (Å²) in [6.45, 7) is 1.58. The van der Waals surface area contributed by atoms with E-state index < -0.39 is 5.82 Å². The maximum absolute atomic E-state index is 13.6. The van der Waals surface area contributed by atoms with Gasteiger partial charge in [-0.05, 0) is 36.8 Å².